The SMILES string of the molecule is CCc1ccccc1Nc1ncnc(N(CC#N)CC#N)c1[N+](=O)[O-]. The molecule has 2 rings (SSSR count). The molecule has 0 saturated heterocycles. The minimum Gasteiger partial charge on any atom is -0.334 e. The molecule has 0 aliphatic carbocycles. The summed E-state index contributed by atoms with van der Waals surface area (Å²) in [6, 6.07) is 11.2. The van der Waals surface area contributed by atoms with Gasteiger partial charge in [-0.1, -0.05) is 25.1 Å². The third-order valence-electron chi connectivity index (χ3n) is 3.46. The molecular formula is C16H15N7O2. The van der Waals surface area contributed by atoms with Crippen molar-refractivity contribution in [2.24, 2.45) is 0 Å². The van der Waals surface area contributed by atoms with Crippen LogP contribution in [0.3, 0.4) is 0 Å². The molecule has 0 fully saturated rings. The molecule has 25 heavy (non-hydrogen) atoms. The van der Waals surface area contributed by atoms with Gasteiger partial charge in [-0.15, -0.1) is 0 Å². The second kappa shape index (κ2) is 8.22. The number of anilines is 3. The Kier molecular flexibility index (Phi) is 5.80. The van der Waals surface area contributed by atoms with Crippen LogP contribution in [-0.2, 0) is 6.42 Å². The number of aryl methyl sites for hydroxylation is 1. The fraction of sp³-hybridized carbons (Fsp3) is 0.250. The van der Waals surface area contributed by atoms with Crippen LogP contribution < -0.4 is 10.2 Å². The van der Waals surface area contributed by atoms with E-state index in [1.165, 1.54) is 11.2 Å². The summed E-state index contributed by atoms with van der Waals surface area (Å²) < 4.78 is 0. The summed E-state index contributed by atoms with van der Waals surface area (Å²) in [4.78, 5) is 20.1. The van der Waals surface area contributed by atoms with Crippen molar-refractivity contribution in [2.75, 3.05) is 23.3 Å². The standard InChI is InChI=1S/C16H15N7O2/c1-2-12-5-3-4-6-13(12)21-15-14(23(24)25)16(20-11-19-15)22(9-7-17)10-8-18/h3-6,11H,2,9-10H2,1H3,(H,19,20,21). The molecule has 9 heteroatoms. The zero-order valence-electron chi connectivity index (χ0n) is 13.5. The largest absolute Gasteiger partial charge is 0.353 e. The molecular weight excluding hydrogens is 322 g/mol. The topological polar surface area (TPSA) is 132 Å². The lowest BCUT2D eigenvalue weighted by molar-refractivity contribution is -0.383. The Bertz CT molecular complexity index is 838. The first kappa shape index (κ1) is 17.6. The zero-order valence-corrected chi connectivity index (χ0v) is 13.5. The van der Waals surface area contributed by atoms with E-state index >= 15 is 0 Å². The molecule has 0 saturated carbocycles. The summed E-state index contributed by atoms with van der Waals surface area (Å²) in [6.45, 7) is 1.58. The van der Waals surface area contributed by atoms with Crippen molar-refractivity contribution in [3.8, 4) is 12.1 Å². The summed E-state index contributed by atoms with van der Waals surface area (Å²) in [5, 5.41) is 32.4. The zero-order chi connectivity index (χ0) is 18.2. The van der Waals surface area contributed by atoms with Gasteiger partial charge in [0.15, 0.2) is 0 Å². The third kappa shape index (κ3) is 3.98. The van der Waals surface area contributed by atoms with E-state index in [-0.39, 0.29) is 30.4 Å². The van der Waals surface area contributed by atoms with Crippen molar-refractivity contribution in [3.05, 3.63) is 46.3 Å². The van der Waals surface area contributed by atoms with Crippen LogP contribution in [0.25, 0.3) is 0 Å². The maximum atomic E-state index is 11.6. The van der Waals surface area contributed by atoms with Crippen LogP contribution in [0.4, 0.5) is 23.0 Å². The van der Waals surface area contributed by atoms with Gasteiger partial charge < -0.3 is 10.2 Å². The van der Waals surface area contributed by atoms with E-state index < -0.39 is 4.92 Å². The van der Waals surface area contributed by atoms with E-state index in [0.29, 0.717) is 5.69 Å². The van der Waals surface area contributed by atoms with Crippen LogP contribution in [0.15, 0.2) is 30.6 Å². The van der Waals surface area contributed by atoms with Gasteiger partial charge in [-0.25, -0.2) is 9.97 Å². The Balaban J connectivity index is 2.52. The highest BCUT2D eigenvalue weighted by atomic mass is 16.6. The van der Waals surface area contributed by atoms with Crippen LogP contribution >= 0.6 is 0 Å². The van der Waals surface area contributed by atoms with Crippen LogP contribution in [-0.4, -0.2) is 28.0 Å². The summed E-state index contributed by atoms with van der Waals surface area (Å²) >= 11 is 0. The maximum Gasteiger partial charge on any atom is 0.353 e. The number of hydrogen-bond donors (Lipinski definition) is 1. The fourth-order valence-corrected chi connectivity index (χ4v) is 2.31. The molecule has 1 aromatic carbocycles. The number of rotatable bonds is 7. The Morgan fingerprint density at radius 3 is 2.52 bits per heavy atom. The third-order valence-corrected chi connectivity index (χ3v) is 3.46. The minimum absolute atomic E-state index is 0.0109. The van der Waals surface area contributed by atoms with Crippen molar-refractivity contribution < 1.29 is 4.92 Å². The smallest absolute Gasteiger partial charge is 0.334 e. The van der Waals surface area contributed by atoms with Gasteiger partial charge in [-0.2, -0.15) is 10.5 Å². The number of benzene rings is 1. The lowest BCUT2D eigenvalue weighted by Gasteiger charge is -2.18. The van der Waals surface area contributed by atoms with E-state index in [2.05, 4.69) is 15.3 Å². The highest BCUT2D eigenvalue weighted by Gasteiger charge is 2.27. The van der Waals surface area contributed by atoms with Gasteiger partial charge in [0.2, 0.25) is 11.6 Å². The van der Waals surface area contributed by atoms with E-state index in [1.807, 2.05) is 37.3 Å². The molecule has 0 bridgehead atoms. The number of hydrogen-bond acceptors (Lipinski definition) is 8. The van der Waals surface area contributed by atoms with E-state index in [0.717, 1.165) is 12.0 Å². The number of nitriles is 2. The average Bonchev–Trinajstić information content (AvgIpc) is 2.61. The van der Waals surface area contributed by atoms with Crippen LogP contribution in [0.5, 0.6) is 0 Å². The summed E-state index contributed by atoms with van der Waals surface area (Å²) in [5.74, 6) is -0.0589. The highest BCUT2D eigenvalue weighted by molar-refractivity contribution is 5.75. The molecule has 0 spiro atoms. The van der Waals surface area contributed by atoms with Gasteiger partial charge in [0.05, 0.1) is 17.1 Å². The molecule has 0 radical (unpaired) electrons. The maximum absolute atomic E-state index is 11.6. The Labute approximate surface area is 144 Å². The summed E-state index contributed by atoms with van der Waals surface area (Å²) in [7, 11) is 0. The minimum atomic E-state index is -0.617. The number of nitrogens with zero attached hydrogens (tertiary/aromatic N) is 6. The predicted octanol–water partition coefficient (Wildman–Crippen LogP) is 2.54. The molecule has 1 aromatic heterocycles. The van der Waals surface area contributed by atoms with Crippen molar-refractivity contribution in [2.45, 2.75) is 13.3 Å². The average molecular weight is 337 g/mol. The fourth-order valence-electron chi connectivity index (χ4n) is 2.31. The first-order valence-electron chi connectivity index (χ1n) is 7.45. The highest BCUT2D eigenvalue weighted by Crippen LogP contribution is 2.34. The first-order chi connectivity index (χ1) is 12.1. The molecule has 0 amide bonds. The quantitative estimate of drug-likeness (QED) is 0.463. The molecule has 126 valence electrons. The molecule has 2 aromatic rings. The van der Waals surface area contributed by atoms with Crippen molar-refractivity contribution in [1.29, 1.82) is 10.5 Å². The molecule has 0 aliphatic heterocycles. The predicted molar refractivity (Wildman–Crippen MR) is 91.2 cm³/mol. The molecule has 0 unspecified atom stereocenters. The van der Waals surface area contributed by atoms with Crippen LogP contribution in [0, 0.1) is 32.8 Å². The van der Waals surface area contributed by atoms with Crippen LogP contribution in [0.2, 0.25) is 0 Å². The summed E-state index contributed by atoms with van der Waals surface area (Å²) in [6.07, 6.45) is 1.91. The van der Waals surface area contributed by atoms with Crippen molar-refractivity contribution >= 4 is 23.0 Å². The van der Waals surface area contributed by atoms with Gasteiger partial charge in [0, 0.05) is 5.69 Å². The Morgan fingerprint density at radius 1 is 1.24 bits per heavy atom. The molecule has 1 heterocycles. The molecule has 0 atom stereocenters. The van der Waals surface area contributed by atoms with Gasteiger partial charge in [-0.05, 0) is 18.1 Å². The van der Waals surface area contributed by atoms with E-state index in [1.54, 1.807) is 6.07 Å². The van der Waals surface area contributed by atoms with E-state index in [4.69, 9.17) is 10.5 Å². The molecule has 0 aliphatic rings. The number of para-hydroxylation sites is 1. The van der Waals surface area contributed by atoms with E-state index in [9.17, 15) is 10.1 Å². The number of aromatic nitrogens is 2. The Hall–Kier alpha value is -3.72. The number of nitro groups is 1. The molecule has 9 nitrogen and oxygen atoms in total. The second-order valence-electron chi connectivity index (χ2n) is 4.96. The Morgan fingerprint density at radius 2 is 1.92 bits per heavy atom. The van der Waals surface area contributed by atoms with Gasteiger partial charge in [0.1, 0.15) is 19.4 Å². The first-order valence-corrected chi connectivity index (χ1v) is 7.45. The van der Waals surface area contributed by atoms with Crippen molar-refractivity contribution in [3.63, 3.8) is 0 Å². The van der Waals surface area contributed by atoms with Gasteiger partial charge in [-0.3, -0.25) is 10.1 Å². The van der Waals surface area contributed by atoms with Crippen LogP contribution in [0.1, 0.15) is 12.5 Å². The second-order valence-corrected chi connectivity index (χ2v) is 4.96. The van der Waals surface area contributed by atoms with Gasteiger partial charge >= 0.3 is 5.69 Å². The molecule has 1 N–H and O–H groups in total. The lowest BCUT2D eigenvalue weighted by Crippen LogP contribution is -2.26. The normalized spacial score (nSPS) is 9.72. The monoisotopic (exact) mass is 337 g/mol. The lowest BCUT2D eigenvalue weighted by atomic mass is 10.1. The van der Waals surface area contributed by atoms with Crippen molar-refractivity contribution in [1.82, 2.24) is 9.97 Å². The number of nitrogens with one attached hydrogen (secondary N) is 1. The van der Waals surface area contributed by atoms with Gasteiger partial charge in [0.25, 0.3) is 0 Å². The summed E-state index contributed by atoms with van der Waals surface area (Å²) in [5.41, 5.74) is 1.30.